The number of hydrogen-bond donors (Lipinski definition) is 1. The Morgan fingerprint density at radius 1 is 0.846 bits per heavy atom. The molecule has 128 valence electrons. The number of rotatable bonds is 4. The Balaban J connectivity index is 2.30. The van der Waals surface area contributed by atoms with Gasteiger partial charge in [0.05, 0.1) is 6.04 Å². The number of halogens is 1. The minimum absolute atomic E-state index is 0.0970. The Labute approximate surface area is 163 Å². The summed E-state index contributed by atoms with van der Waals surface area (Å²) in [7, 11) is 0. The Hall–Kier alpha value is -2.37. The van der Waals surface area contributed by atoms with Crippen LogP contribution in [-0.2, 0) is 11.8 Å². The van der Waals surface area contributed by atoms with E-state index >= 15 is 0 Å². The summed E-state index contributed by atoms with van der Waals surface area (Å²) >= 11 is 12.0. The van der Waals surface area contributed by atoms with Crippen molar-refractivity contribution in [3.63, 3.8) is 0 Å². The number of hydrogen-bond acceptors (Lipinski definition) is 3. The fourth-order valence-electron chi connectivity index (χ4n) is 2.70. The number of benzene rings is 3. The van der Waals surface area contributed by atoms with Crippen molar-refractivity contribution in [1.82, 2.24) is 0 Å². The SMILES string of the molecule is N#CC(=C(O)c1ccc(Cl)cc1)P(=S)(c1ccccc1)c1ccccc1. The molecule has 0 unspecified atom stereocenters. The highest BCUT2D eigenvalue weighted by Gasteiger charge is 2.30. The Bertz CT molecular complexity index is 982. The maximum atomic E-state index is 10.9. The summed E-state index contributed by atoms with van der Waals surface area (Å²) in [6, 6.07) is 25.3. The third kappa shape index (κ3) is 3.45. The van der Waals surface area contributed by atoms with Crippen LogP contribution in [0.5, 0.6) is 0 Å². The van der Waals surface area contributed by atoms with Crippen LogP contribution in [0.2, 0.25) is 5.02 Å². The first-order valence-electron chi connectivity index (χ1n) is 7.88. The number of nitrogens with zero attached hydrogens (tertiary/aromatic N) is 1. The van der Waals surface area contributed by atoms with Gasteiger partial charge < -0.3 is 5.11 Å². The molecule has 0 saturated heterocycles. The van der Waals surface area contributed by atoms with Gasteiger partial charge in [-0.15, -0.1) is 0 Å². The molecule has 0 aliphatic carbocycles. The lowest BCUT2D eigenvalue weighted by molar-refractivity contribution is 0.511. The second kappa shape index (κ2) is 7.89. The van der Waals surface area contributed by atoms with Crippen LogP contribution in [0.1, 0.15) is 5.56 Å². The lowest BCUT2D eigenvalue weighted by Crippen LogP contribution is -2.17. The molecule has 0 radical (unpaired) electrons. The van der Waals surface area contributed by atoms with E-state index in [1.165, 1.54) is 0 Å². The minimum atomic E-state index is -2.70. The molecule has 5 heteroatoms. The Kier molecular flexibility index (Phi) is 5.59. The zero-order valence-electron chi connectivity index (χ0n) is 13.7. The summed E-state index contributed by atoms with van der Waals surface area (Å²) in [6.45, 7) is 0. The van der Waals surface area contributed by atoms with Crippen LogP contribution in [0, 0.1) is 11.3 Å². The number of aliphatic hydroxyl groups is 1. The minimum Gasteiger partial charge on any atom is -0.506 e. The van der Waals surface area contributed by atoms with E-state index in [1.807, 2.05) is 60.7 Å². The second-order valence-corrected chi connectivity index (χ2v) is 10.4. The molecule has 0 fully saturated rings. The van der Waals surface area contributed by atoms with Crippen LogP contribution >= 0.6 is 17.6 Å². The molecule has 0 heterocycles. The molecule has 0 aliphatic rings. The van der Waals surface area contributed by atoms with Gasteiger partial charge in [0.25, 0.3) is 0 Å². The smallest absolute Gasteiger partial charge is 0.142 e. The van der Waals surface area contributed by atoms with E-state index in [9.17, 15) is 10.4 Å². The molecule has 26 heavy (non-hydrogen) atoms. The third-order valence-electron chi connectivity index (χ3n) is 4.00. The van der Waals surface area contributed by atoms with E-state index in [0.29, 0.717) is 10.6 Å². The van der Waals surface area contributed by atoms with E-state index in [-0.39, 0.29) is 11.1 Å². The molecule has 0 atom stereocenters. The van der Waals surface area contributed by atoms with Gasteiger partial charge in [0.1, 0.15) is 17.1 Å². The predicted octanol–water partition coefficient (Wildman–Crippen LogP) is 5.22. The molecule has 3 aromatic carbocycles. The quantitative estimate of drug-likeness (QED) is 0.374. The highest BCUT2D eigenvalue weighted by molar-refractivity contribution is 8.24. The van der Waals surface area contributed by atoms with Crippen LogP contribution < -0.4 is 10.6 Å². The van der Waals surface area contributed by atoms with E-state index in [0.717, 1.165) is 10.6 Å². The Morgan fingerprint density at radius 2 is 1.31 bits per heavy atom. The maximum absolute atomic E-state index is 10.9. The number of allylic oxidation sites excluding steroid dienone is 1. The molecular formula is C21H15ClNOPS. The van der Waals surface area contributed by atoms with Crippen molar-refractivity contribution < 1.29 is 5.11 Å². The average Bonchev–Trinajstić information content (AvgIpc) is 2.70. The molecular weight excluding hydrogens is 381 g/mol. The van der Waals surface area contributed by atoms with Crippen LogP contribution in [0.4, 0.5) is 0 Å². The molecule has 0 aromatic heterocycles. The first-order chi connectivity index (χ1) is 12.6. The van der Waals surface area contributed by atoms with Crippen molar-refractivity contribution in [2.24, 2.45) is 0 Å². The zero-order valence-corrected chi connectivity index (χ0v) is 16.2. The summed E-state index contributed by atoms with van der Waals surface area (Å²) < 4.78 is 0. The van der Waals surface area contributed by atoms with Gasteiger partial charge in [0, 0.05) is 10.6 Å². The average molecular weight is 396 g/mol. The molecule has 0 spiro atoms. The lowest BCUT2D eigenvalue weighted by atomic mass is 10.2. The van der Waals surface area contributed by atoms with Crippen LogP contribution in [0.15, 0.2) is 90.2 Å². The van der Waals surface area contributed by atoms with Gasteiger partial charge in [0.15, 0.2) is 0 Å². The summed E-state index contributed by atoms with van der Waals surface area (Å²) in [6.07, 6.45) is 0. The highest BCUT2D eigenvalue weighted by Crippen LogP contribution is 2.53. The normalized spacial score (nSPS) is 12.2. The summed E-state index contributed by atoms with van der Waals surface area (Å²) in [5.41, 5.74) is 0.520. The standard InChI is InChI=1S/C21H15ClNOPS/c22-17-13-11-16(12-14-17)21(24)20(15-23)25(26,18-7-3-1-4-8-18)19-9-5-2-6-10-19/h1-14,24H. The maximum Gasteiger partial charge on any atom is 0.142 e. The van der Waals surface area contributed by atoms with Crippen LogP contribution in [0.3, 0.4) is 0 Å². The fraction of sp³-hybridized carbons (Fsp3) is 0. The topological polar surface area (TPSA) is 44.0 Å². The molecule has 3 aromatic rings. The summed E-state index contributed by atoms with van der Waals surface area (Å²) in [4.78, 5) is 0. The van der Waals surface area contributed by atoms with Gasteiger partial charge >= 0.3 is 0 Å². The molecule has 1 N–H and O–H groups in total. The number of aliphatic hydroxyl groups excluding tert-OH is 1. The van der Waals surface area contributed by atoms with Crippen molar-refractivity contribution in [2.75, 3.05) is 0 Å². The largest absolute Gasteiger partial charge is 0.506 e. The molecule has 0 amide bonds. The van der Waals surface area contributed by atoms with Crippen molar-refractivity contribution in [2.45, 2.75) is 0 Å². The predicted molar refractivity (Wildman–Crippen MR) is 113 cm³/mol. The van der Waals surface area contributed by atoms with Crippen molar-refractivity contribution in [3.05, 3.63) is 101 Å². The molecule has 0 saturated carbocycles. The molecule has 3 rings (SSSR count). The fourth-order valence-corrected chi connectivity index (χ4v) is 6.50. The lowest BCUT2D eigenvalue weighted by Gasteiger charge is -2.23. The van der Waals surface area contributed by atoms with Gasteiger partial charge in [0.2, 0.25) is 0 Å². The zero-order chi connectivity index (χ0) is 18.6. The Morgan fingerprint density at radius 3 is 1.73 bits per heavy atom. The van der Waals surface area contributed by atoms with Gasteiger partial charge in [-0.2, -0.15) is 5.26 Å². The van der Waals surface area contributed by atoms with Crippen molar-refractivity contribution in [1.29, 1.82) is 5.26 Å². The van der Waals surface area contributed by atoms with Gasteiger partial charge in [-0.25, -0.2) is 0 Å². The number of nitriles is 1. The van der Waals surface area contributed by atoms with Crippen molar-refractivity contribution >= 4 is 45.8 Å². The van der Waals surface area contributed by atoms with E-state index in [1.54, 1.807) is 24.3 Å². The third-order valence-corrected chi connectivity index (χ3v) is 9.06. The first kappa shape index (κ1) is 18.4. The first-order valence-corrected chi connectivity index (χ1v) is 11.1. The monoisotopic (exact) mass is 395 g/mol. The van der Waals surface area contributed by atoms with Gasteiger partial charge in [-0.05, 0) is 34.9 Å². The van der Waals surface area contributed by atoms with E-state index in [4.69, 9.17) is 23.4 Å². The summed E-state index contributed by atoms with van der Waals surface area (Å²) in [5.74, 6) is -0.0970. The van der Waals surface area contributed by atoms with Gasteiger partial charge in [-0.3, -0.25) is 0 Å². The van der Waals surface area contributed by atoms with Crippen molar-refractivity contribution in [3.8, 4) is 6.07 Å². The van der Waals surface area contributed by atoms with E-state index in [2.05, 4.69) is 6.07 Å². The molecule has 0 aliphatic heterocycles. The van der Waals surface area contributed by atoms with E-state index < -0.39 is 6.04 Å². The second-order valence-electron chi connectivity index (χ2n) is 5.60. The van der Waals surface area contributed by atoms with Crippen LogP contribution in [-0.4, -0.2) is 5.11 Å². The summed E-state index contributed by atoms with van der Waals surface area (Å²) in [5, 5.41) is 23.3. The van der Waals surface area contributed by atoms with Crippen LogP contribution in [0.25, 0.3) is 5.76 Å². The van der Waals surface area contributed by atoms with Gasteiger partial charge in [-0.1, -0.05) is 84.1 Å². The highest BCUT2D eigenvalue weighted by atomic mass is 35.5. The molecule has 2 nitrogen and oxygen atoms in total. The molecule has 0 bridgehead atoms.